The van der Waals surface area contributed by atoms with Gasteiger partial charge in [-0.25, -0.2) is 0 Å². The van der Waals surface area contributed by atoms with Crippen LogP contribution in [0.15, 0.2) is 0 Å². The van der Waals surface area contributed by atoms with Gasteiger partial charge in [-0.1, -0.05) is 11.6 Å². The molecule has 2 heterocycles. The van der Waals surface area contributed by atoms with Crippen LogP contribution in [0.5, 0.6) is 0 Å². The molecule has 0 N–H and O–H groups in total. The molecule has 1 fully saturated rings. The van der Waals surface area contributed by atoms with Gasteiger partial charge in [-0.05, 0) is 6.92 Å². The first kappa shape index (κ1) is 17.6. The fraction of sp³-hybridized carbons (Fsp3) is 0.583. The zero-order valence-electron chi connectivity index (χ0n) is 12.7. The van der Waals surface area contributed by atoms with Crippen molar-refractivity contribution in [2.24, 2.45) is 0 Å². The van der Waals surface area contributed by atoms with Crippen molar-refractivity contribution in [3.8, 4) is 0 Å². The van der Waals surface area contributed by atoms with Crippen LogP contribution in [0.3, 0.4) is 0 Å². The highest BCUT2D eigenvalue weighted by molar-refractivity contribution is 6.56. The number of hydrogen-bond donors (Lipinski definition) is 0. The monoisotopic (exact) mass is 350 g/mol. The molecule has 0 atom stereocenters. The van der Waals surface area contributed by atoms with Gasteiger partial charge in [0, 0.05) is 26.2 Å². The zero-order chi connectivity index (χ0) is 17.4. The minimum absolute atomic E-state index is 0.0679. The first-order valence-electron chi connectivity index (χ1n) is 6.94. The van der Waals surface area contributed by atoms with E-state index in [1.165, 1.54) is 19.7 Å². The van der Waals surface area contributed by atoms with Gasteiger partial charge in [0.25, 0.3) is 0 Å². The summed E-state index contributed by atoms with van der Waals surface area (Å²) in [6, 6.07) is 0. The van der Waals surface area contributed by atoms with E-state index in [9.17, 15) is 22.8 Å². The third-order valence-corrected chi connectivity index (χ3v) is 4.22. The number of amides is 2. The summed E-state index contributed by atoms with van der Waals surface area (Å²) in [5.74, 6) is -0.425. The van der Waals surface area contributed by atoms with Crippen molar-refractivity contribution in [3.63, 3.8) is 0 Å². The minimum Gasteiger partial charge on any atom is -0.348 e. The van der Waals surface area contributed by atoms with Gasteiger partial charge in [0.1, 0.15) is 6.54 Å². The summed E-state index contributed by atoms with van der Waals surface area (Å²) < 4.78 is 39.2. The number of rotatable bonds is 2. The Kier molecular flexibility index (Phi) is 4.93. The number of hydrogen-bond acceptors (Lipinski definition) is 3. The predicted molar refractivity (Wildman–Crippen MR) is 79.1 cm³/mol. The summed E-state index contributed by atoms with van der Waals surface area (Å²) in [4.78, 5) is 26.6. The summed E-state index contributed by atoms with van der Waals surface area (Å²) in [6.45, 7) is 2.58. The van der Waals surface area contributed by atoms with E-state index in [1.54, 1.807) is 4.90 Å². The van der Waals surface area contributed by atoms with E-state index in [2.05, 4.69) is 5.10 Å². The lowest BCUT2D eigenvalue weighted by atomic mass is 10.1. The molecule has 1 aliphatic rings. The molecule has 1 aliphatic heterocycles. The van der Waals surface area contributed by atoms with Crippen molar-refractivity contribution in [3.05, 3.63) is 16.4 Å². The second-order valence-electron chi connectivity index (χ2n) is 5.29. The van der Waals surface area contributed by atoms with Gasteiger partial charge in [-0.2, -0.15) is 18.3 Å². The van der Waals surface area contributed by atoms with Gasteiger partial charge < -0.3 is 9.80 Å². The van der Waals surface area contributed by atoms with E-state index in [0.29, 0.717) is 26.2 Å². The molecular formula is C12H15BClF3N4O2. The van der Waals surface area contributed by atoms with E-state index >= 15 is 0 Å². The Bertz CT molecular complexity index is 627. The number of aromatic nitrogens is 2. The molecule has 23 heavy (non-hydrogen) atoms. The maximum absolute atomic E-state index is 12.8. The molecule has 0 aromatic carbocycles. The summed E-state index contributed by atoms with van der Waals surface area (Å²) in [7, 11) is 1.45. The van der Waals surface area contributed by atoms with Crippen LogP contribution >= 0.6 is 11.6 Å². The average molecular weight is 351 g/mol. The summed E-state index contributed by atoms with van der Waals surface area (Å²) >= 11 is 5.65. The average Bonchev–Trinajstić information content (AvgIpc) is 2.75. The standard InChI is InChI=1S/C12H15BClF3N4O2/c1-7-9(14)10(12(15,16)17)18-21(7)6-8(22)19-2-4-20(5-3-19)11(13)23/h2-6,13H2,1H3. The van der Waals surface area contributed by atoms with Crippen LogP contribution in [-0.2, 0) is 17.5 Å². The van der Waals surface area contributed by atoms with Crippen molar-refractivity contribution in [1.29, 1.82) is 0 Å². The van der Waals surface area contributed by atoms with Crippen LogP contribution in [0.1, 0.15) is 11.4 Å². The largest absolute Gasteiger partial charge is 0.436 e. The van der Waals surface area contributed by atoms with E-state index in [-0.39, 0.29) is 24.0 Å². The Labute approximate surface area is 136 Å². The molecule has 0 spiro atoms. The van der Waals surface area contributed by atoms with Crippen molar-refractivity contribution >= 4 is 31.2 Å². The highest BCUT2D eigenvalue weighted by atomic mass is 35.5. The van der Waals surface area contributed by atoms with Crippen LogP contribution < -0.4 is 0 Å². The Balaban J connectivity index is 2.06. The topological polar surface area (TPSA) is 58.4 Å². The molecule has 0 unspecified atom stereocenters. The summed E-state index contributed by atoms with van der Waals surface area (Å²) in [6.07, 6.45) is -4.66. The number of alkyl halides is 3. The summed E-state index contributed by atoms with van der Waals surface area (Å²) in [5, 5.41) is 2.91. The Hall–Kier alpha value is -1.71. The lowest BCUT2D eigenvalue weighted by molar-refractivity contribution is -0.142. The maximum atomic E-state index is 12.8. The molecule has 6 nitrogen and oxygen atoms in total. The van der Waals surface area contributed by atoms with Gasteiger partial charge in [-0.15, -0.1) is 0 Å². The lowest BCUT2D eigenvalue weighted by Crippen LogP contribution is -2.51. The molecule has 2 amide bonds. The van der Waals surface area contributed by atoms with Crippen molar-refractivity contribution in [1.82, 2.24) is 19.6 Å². The number of carbonyl (C=O) groups excluding carboxylic acids is 2. The summed E-state index contributed by atoms with van der Waals surface area (Å²) in [5.41, 5.74) is -1.10. The fourth-order valence-electron chi connectivity index (χ4n) is 2.36. The van der Waals surface area contributed by atoms with Gasteiger partial charge in [0.2, 0.25) is 13.8 Å². The SMILES string of the molecule is BC(=O)N1CCN(C(=O)Cn2nc(C(F)(F)F)c(Cl)c2C)CC1. The van der Waals surface area contributed by atoms with Crippen LogP contribution in [0.25, 0.3) is 0 Å². The number of piperazine rings is 1. The molecular weight excluding hydrogens is 335 g/mol. The Morgan fingerprint density at radius 2 is 1.74 bits per heavy atom. The smallest absolute Gasteiger partial charge is 0.348 e. The van der Waals surface area contributed by atoms with Crippen molar-refractivity contribution in [2.45, 2.75) is 19.6 Å². The second kappa shape index (κ2) is 6.42. The van der Waals surface area contributed by atoms with E-state index < -0.39 is 16.9 Å². The van der Waals surface area contributed by atoms with E-state index in [0.717, 1.165) is 4.68 Å². The molecule has 1 aromatic heterocycles. The van der Waals surface area contributed by atoms with Gasteiger partial charge in [0.15, 0.2) is 11.5 Å². The first-order valence-corrected chi connectivity index (χ1v) is 7.32. The maximum Gasteiger partial charge on any atom is 0.436 e. The normalized spacial score (nSPS) is 15.9. The highest BCUT2D eigenvalue weighted by Gasteiger charge is 2.38. The predicted octanol–water partition coefficient (Wildman–Crippen LogP) is 0.761. The Morgan fingerprint density at radius 3 is 2.17 bits per heavy atom. The molecule has 1 saturated heterocycles. The number of nitrogens with zero attached hydrogens (tertiary/aromatic N) is 4. The van der Waals surface area contributed by atoms with Crippen molar-refractivity contribution < 1.29 is 22.8 Å². The molecule has 0 saturated carbocycles. The first-order chi connectivity index (χ1) is 10.6. The lowest BCUT2D eigenvalue weighted by Gasteiger charge is -2.34. The Morgan fingerprint density at radius 1 is 1.22 bits per heavy atom. The van der Waals surface area contributed by atoms with Crippen molar-refractivity contribution in [2.75, 3.05) is 26.2 Å². The van der Waals surface area contributed by atoms with Gasteiger partial charge >= 0.3 is 6.18 Å². The fourth-order valence-corrected chi connectivity index (χ4v) is 2.60. The third-order valence-electron chi connectivity index (χ3n) is 3.76. The number of carbonyl (C=O) groups is 2. The second-order valence-corrected chi connectivity index (χ2v) is 5.67. The van der Waals surface area contributed by atoms with E-state index in [1.807, 2.05) is 0 Å². The third kappa shape index (κ3) is 3.80. The molecule has 0 radical (unpaired) electrons. The van der Waals surface area contributed by atoms with Gasteiger partial charge in [-0.3, -0.25) is 14.3 Å². The van der Waals surface area contributed by atoms with Crippen LogP contribution in [0, 0.1) is 6.92 Å². The van der Waals surface area contributed by atoms with Crippen LogP contribution in [0.2, 0.25) is 5.02 Å². The quantitative estimate of drug-likeness (QED) is 0.740. The van der Waals surface area contributed by atoms with Gasteiger partial charge in [0.05, 0.1) is 10.7 Å². The molecule has 0 bridgehead atoms. The molecule has 2 rings (SSSR count). The molecule has 11 heteroatoms. The molecule has 0 aliphatic carbocycles. The van der Waals surface area contributed by atoms with Crippen LogP contribution in [-0.4, -0.2) is 65.3 Å². The highest BCUT2D eigenvalue weighted by Crippen LogP contribution is 2.35. The minimum atomic E-state index is -4.66. The zero-order valence-corrected chi connectivity index (χ0v) is 13.4. The van der Waals surface area contributed by atoms with Crippen LogP contribution in [0.4, 0.5) is 18.0 Å². The number of halogens is 4. The molecule has 1 aromatic rings. The van der Waals surface area contributed by atoms with E-state index in [4.69, 9.17) is 11.6 Å². The molecule has 126 valence electrons.